The molecule has 30 valence electrons. The molecule has 0 fully saturated rings. The molecule has 4 heavy (non-hydrogen) atoms. The maximum absolute atomic E-state index is 4.90. The Labute approximate surface area is 41.1 Å². The Balaban J connectivity index is 0. The molecule has 0 aliphatic heterocycles. The molecule has 0 heterocycles. The molecule has 0 aromatic carbocycles. The van der Waals surface area contributed by atoms with E-state index in [1.807, 2.05) is 0 Å². The molecule has 0 spiro atoms. The zero-order chi connectivity index (χ0) is 2.71. The van der Waals surface area contributed by atoms with Gasteiger partial charge in [0.1, 0.15) is 0 Å². The van der Waals surface area contributed by atoms with Crippen LogP contribution in [0, 0.1) is 0 Å². The van der Waals surface area contributed by atoms with Crippen molar-refractivity contribution < 1.29 is 15.4 Å². The van der Waals surface area contributed by atoms with Gasteiger partial charge in [0.25, 0.3) is 0 Å². The van der Waals surface area contributed by atoms with E-state index in [0.29, 0.717) is 0 Å². The summed E-state index contributed by atoms with van der Waals surface area (Å²) in [7, 11) is 9.81. The van der Waals surface area contributed by atoms with Crippen LogP contribution in [0.3, 0.4) is 0 Å². The van der Waals surface area contributed by atoms with E-state index in [1.54, 1.807) is 0 Å². The first kappa shape index (κ1) is 8.95. The van der Waals surface area contributed by atoms with E-state index in [4.69, 9.17) is 19.3 Å². The molecular weight excluding hydrogens is 275 g/mol. The Bertz CT molecular complexity index is 6.00. The Kier molecular flexibility index (Phi) is 19.9. The van der Waals surface area contributed by atoms with Crippen molar-refractivity contribution in [3.8, 4) is 0 Å². The first-order valence-electron chi connectivity index (χ1n) is 0.267. The number of hydrogen-bond acceptors (Lipinski definition) is 1. The summed E-state index contributed by atoms with van der Waals surface area (Å²) in [5, 5.41) is 0. The Morgan fingerprint density at radius 3 is 1.25 bits per heavy atom. The molecule has 0 unspecified atom stereocenters. The predicted octanol–water partition coefficient (Wildman–Crippen LogP) is 1.54. The van der Waals surface area contributed by atoms with E-state index >= 15 is 0 Å². The molecule has 0 bridgehead atoms. The number of rotatable bonds is 0. The summed E-state index contributed by atoms with van der Waals surface area (Å²) in [5.41, 5.74) is 0. The molecule has 0 aromatic rings. The van der Waals surface area contributed by atoms with Gasteiger partial charge in [-0.15, -0.1) is 0 Å². The molecule has 0 aliphatic carbocycles. The number of halogens is 2. The summed E-state index contributed by atoms with van der Waals surface area (Å²) < 4.78 is 0. The zero-order valence-corrected chi connectivity index (χ0v) is 5.87. The van der Waals surface area contributed by atoms with E-state index in [0.717, 1.165) is 0 Å². The van der Waals surface area contributed by atoms with Crippen molar-refractivity contribution in [3.05, 3.63) is 0 Å². The van der Waals surface area contributed by atoms with Crippen LogP contribution in [0.1, 0.15) is 0 Å². The van der Waals surface area contributed by atoms with Crippen LogP contribution >= 0.6 is 19.3 Å². The standard InChI is InChI=1S/2ClH.H3N.Os/h2*1H;1H3;/q;;;+2/p-2. The molecule has 3 N–H and O–H groups in total. The molecule has 0 saturated carbocycles. The van der Waals surface area contributed by atoms with Crippen LogP contribution < -0.4 is 6.15 Å². The summed E-state index contributed by atoms with van der Waals surface area (Å²) in [4.78, 5) is 0. The van der Waals surface area contributed by atoms with Gasteiger partial charge in [-0.3, -0.25) is 0 Å². The van der Waals surface area contributed by atoms with Gasteiger partial charge in [0.05, 0.1) is 0 Å². The third-order valence-corrected chi connectivity index (χ3v) is 0. The van der Waals surface area contributed by atoms with Crippen LogP contribution in [0.15, 0.2) is 0 Å². The van der Waals surface area contributed by atoms with E-state index in [9.17, 15) is 0 Å². The normalized spacial score (nSPS) is 5.50. The summed E-state index contributed by atoms with van der Waals surface area (Å²) >= 11 is -0.639. The van der Waals surface area contributed by atoms with E-state index in [-0.39, 0.29) is 6.15 Å². The Morgan fingerprint density at radius 1 is 1.25 bits per heavy atom. The predicted molar refractivity (Wildman–Crippen MR) is 16.7 cm³/mol. The minimum absolute atomic E-state index is 0. The summed E-state index contributed by atoms with van der Waals surface area (Å²) in [5.74, 6) is 0. The van der Waals surface area contributed by atoms with Crippen molar-refractivity contribution in [1.29, 1.82) is 0 Å². The van der Waals surface area contributed by atoms with Crippen LogP contribution in [0.2, 0.25) is 0 Å². The van der Waals surface area contributed by atoms with Crippen molar-refractivity contribution in [1.82, 2.24) is 6.15 Å². The maximum atomic E-state index is 4.90. The van der Waals surface area contributed by atoms with Gasteiger partial charge in [0.2, 0.25) is 0 Å². The fourth-order valence-corrected chi connectivity index (χ4v) is 0. The van der Waals surface area contributed by atoms with Crippen LogP contribution in [0.4, 0.5) is 0 Å². The third kappa shape index (κ3) is 10.9. The zero-order valence-electron chi connectivity index (χ0n) is 1.82. The van der Waals surface area contributed by atoms with Gasteiger partial charge in [-0.1, -0.05) is 0 Å². The minimum atomic E-state index is -0.639. The average Bonchev–Trinajstić information content (AvgIpc) is 0.918. The first-order valence-corrected chi connectivity index (χ1v) is 6.56. The molecule has 0 aromatic heterocycles. The van der Waals surface area contributed by atoms with Crippen LogP contribution in [0.25, 0.3) is 0 Å². The molecule has 0 saturated heterocycles. The average molecular weight is 278 g/mol. The van der Waals surface area contributed by atoms with Gasteiger partial charge in [-0.2, -0.15) is 0 Å². The van der Waals surface area contributed by atoms with Gasteiger partial charge < -0.3 is 6.15 Å². The van der Waals surface area contributed by atoms with Crippen molar-refractivity contribution in [3.63, 3.8) is 0 Å². The fraction of sp³-hybridized carbons (Fsp3) is 0. The summed E-state index contributed by atoms with van der Waals surface area (Å²) in [6.07, 6.45) is 0. The first-order chi connectivity index (χ1) is 1.41. The Hall–Kier alpha value is 1.18. The van der Waals surface area contributed by atoms with Gasteiger partial charge in [0, 0.05) is 0 Å². The van der Waals surface area contributed by atoms with Crippen LogP contribution in [-0.4, -0.2) is 0 Å². The molecule has 4 heteroatoms. The molecule has 0 atom stereocenters. The summed E-state index contributed by atoms with van der Waals surface area (Å²) in [6, 6.07) is 0. The van der Waals surface area contributed by atoms with Crippen molar-refractivity contribution in [2.24, 2.45) is 0 Å². The van der Waals surface area contributed by atoms with Crippen LogP contribution in [-0.2, 0) is 15.4 Å². The second-order valence-electron chi connectivity index (χ2n) is 0.0505. The quantitative estimate of drug-likeness (QED) is 0.716. The molecular formula is H3Cl2NOs. The van der Waals surface area contributed by atoms with Gasteiger partial charge in [-0.05, 0) is 0 Å². The molecule has 0 rings (SSSR count). The molecule has 1 nitrogen and oxygen atoms in total. The third-order valence-electron chi connectivity index (χ3n) is 0. The van der Waals surface area contributed by atoms with Crippen molar-refractivity contribution in [2.75, 3.05) is 0 Å². The number of hydrogen-bond donors (Lipinski definition) is 1. The van der Waals surface area contributed by atoms with Gasteiger partial charge >= 0.3 is 34.7 Å². The molecule has 0 amide bonds. The van der Waals surface area contributed by atoms with Gasteiger partial charge in [0.15, 0.2) is 0 Å². The van der Waals surface area contributed by atoms with E-state index in [1.165, 1.54) is 0 Å². The SMILES string of the molecule is N.[Cl][Os][Cl]. The van der Waals surface area contributed by atoms with Gasteiger partial charge in [-0.25, -0.2) is 0 Å². The Morgan fingerprint density at radius 2 is 1.25 bits per heavy atom. The van der Waals surface area contributed by atoms with Crippen LogP contribution in [0.5, 0.6) is 0 Å². The van der Waals surface area contributed by atoms with E-state index in [2.05, 4.69) is 0 Å². The second-order valence-corrected chi connectivity index (χ2v) is 3.72. The molecule has 0 radical (unpaired) electrons. The van der Waals surface area contributed by atoms with E-state index < -0.39 is 15.4 Å². The topological polar surface area (TPSA) is 35.0 Å². The van der Waals surface area contributed by atoms with Crippen molar-refractivity contribution >= 4 is 19.3 Å². The second kappa shape index (κ2) is 8.90. The van der Waals surface area contributed by atoms with Crippen molar-refractivity contribution in [2.45, 2.75) is 0 Å². The molecule has 0 aliphatic rings. The summed E-state index contributed by atoms with van der Waals surface area (Å²) in [6.45, 7) is 0. The monoisotopic (exact) mass is 279 g/mol. The fourth-order valence-electron chi connectivity index (χ4n) is 0.